The summed E-state index contributed by atoms with van der Waals surface area (Å²) in [5.74, 6) is 0.457. The van der Waals surface area contributed by atoms with E-state index in [-0.39, 0.29) is 29.1 Å². The molecule has 0 saturated carbocycles. The van der Waals surface area contributed by atoms with Crippen LogP contribution in [0.4, 0.5) is 11.4 Å². The Bertz CT molecular complexity index is 1320. The summed E-state index contributed by atoms with van der Waals surface area (Å²) in [4.78, 5) is 15.3. The third kappa shape index (κ3) is 4.59. The maximum absolute atomic E-state index is 11.1. The lowest BCUT2D eigenvalue weighted by atomic mass is 9.87. The van der Waals surface area contributed by atoms with E-state index in [0.717, 1.165) is 22.4 Å². The van der Waals surface area contributed by atoms with Gasteiger partial charge in [-0.25, -0.2) is 4.98 Å². The number of fused-ring (bicyclic) bond motifs is 1. The molecule has 0 fully saturated rings. The van der Waals surface area contributed by atoms with Crippen molar-refractivity contribution in [3.05, 3.63) is 75.8 Å². The number of nitrogens with zero attached hydrogens (tertiary/aromatic N) is 2. The molecule has 8 nitrogen and oxygen atoms in total. The molecule has 8 heteroatoms. The molecular formula is C25H25N3O5. The Morgan fingerprint density at radius 1 is 1.12 bits per heavy atom. The van der Waals surface area contributed by atoms with Crippen LogP contribution in [0.1, 0.15) is 31.9 Å². The molecule has 4 aromatic rings. The summed E-state index contributed by atoms with van der Waals surface area (Å²) in [5.41, 5.74) is 4.57. The fourth-order valence-electron chi connectivity index (χ4n) is 3.49. The second kappa shape index (κ2) is 8.46. The van der Waals surface area contributed by atoms with E-state index in [0.29, 0.717) is 11.5 Å². The van der Waals surface area contributed by atoms with Crippen LogP contribution in [-0.4, -0.2) is 22.1 Å². The van der Waals surface area contributed by atoms with Crippen LogP contribution >= 0.6 is 0 Å². The van der Waals surface area contributed by atoms with E-state index >= 15 is 0 Å². The first-order valence-electron chi connectivity index (χ1n) is 10.5. The van der Waals surface area contributed by atoms with E-state index < -0.39 is 4.92 Å². The fraction of sp³-hybridized carbons (Fsp3) is 0.240. The molecule has 170 valence electrons. The molecule has 0 spiro atoms. The number of aromatic nitrogens is 1. The van der Waals surface area contributed by atoms with Crippen LogP contribution in [0, 0.1) is 10.1 Å². The monoisotopic (exact) mass is 447 g/mol. The van der Waals surface area contributed by atoms with Crippen molar-refractivity contribution in [1.29, 1.82) is 0 Å². The zero-order chi connectivity index (χ0) is 23.8. The van der Waals surface area contributed by atoms with Gasteiger partial charge >= 0.3 is 0 Å². The number of anilines is 1. The van der Waals surface area contributed by atoms with E-state index in [1.54, 1.807) is 0 Å². The van der Waals surface area contributed by atoms with Crippen molar-refractivity contribution in [3.63, 3.8) is 0 Å². The number of rotatable bonds is 6. The highest BCUT2D eigenvalue weighted by Gasteiger charge is 2.18. The average molecular weight is 447 g/mol. The van der Waals surface area contributed by atoms with E-state index in [9.17, 15) is 15.2 Å². The third-order valence-electron chi connectivity index (χ3n) is 5.44. The highest BCUT2D eigenvalue weighted by molar-refractivity contribution is 5.77. The molecule has 33 heavy (non-hydrogen) atoms. The second-order valence-corrected chi connectivity index (χ2v) is 8.80. The van der Waals surface area contributed by atoms with Crippen LogP contribution in [0.2, 0.25) is 0 Å². The number of ether oxygens (including phenoxy) is 1. The lowest BCUT2D eigenvalue weighted by Crippen LogP contribution is -2.10. The standard InChI is InChI=1S/C25H25N3O5/c1-25(2,3)17-7-10-21-20(12-17)27-24(33-21)15-5-8-18(9-6-15)26-14-16-11-19(28(30)31)13-22(32-4)23(16)29/h5-13,26,29H,14H2,1-4H3. The highest BCUT2D eigenvalue weighted by atomic mass is 16.6. The van der Waals surface area contributed by atoms with Crippen molar-refractivity contribution >= 4 is 22.5 Å². The van der Waals surface area contributed by atoms with Crippen LogP contribution in [0.5, 0.6) is 11.5 Å². The first-order valence-corrected chi connectivity index (χ1v) is 10.5. The molecule has 3 aromatic carbocycles. The number of phenols is 1. The second-order valence-electron chi connectivity index (χ2n) is 8.80. The Labute approximate surface area is 191 Å². The van der Waals surface area contributed by atoms with E-state index in [1.807, 2.05) is 30.3 Å². The van der Waals surface area contributed by atoms with E-state index in [1.165, 1.54) is 24.8 Å². The number of aromatic hydroxyl groups is 1. The minimum atomic E-state index is -0.523. The van der Waals surface area contributed by atoms with Gasteiger partial charge in [0.1, 0.15) is 5.52 Å². The number of oxazole rings is 1. The molecule has 4 rings (SSSR count). The predicted octanol–water partition coefficient (Wildman–Crippen LogP) is 6.03. The van der Waals surface area contributed by atoms with Crippen LogP contribution in [-0.2, 0) is 12.0 Å². The summed E-state index contributed by atoms with van der Waals surface area (Å²) < 4.78 is 11.0. The number of hydrogen-bond donors (Lipinski definition) is 2. The van der Waals surface area contributed by atoms with Gasteiger partial charge in [-0.3, -0.25) is 10.1 Å². The molecule has 0 atom stereocenters. The van der Waals surface area contributed by atoms with Crippen molar-refractivity contribution in [3.8, 4) is 23.0 Å². The Morgan fingerprint density at radius 3 is 2.48 bits per heavy atom. The van der Waals surface area contributed by atoms with Crippen LogP contribution in [0.3, 0.4) is 0 Å². The minimum Gasteiger partial charge on any atom is -0.504 e. The number of non-ortho nitro benzene ring substituents is 1. The molecule has 0 aliphatic rings. The Hall–Kier alpha value is -4.07. The molecule has 1 aromatic heterocycles. The lowest BCUT2D eigenvalue weighted by Gasteiger charge is -2.18. The van der Waals surface area contributed by atoms with E-state index in [2.05, 4.69) is 43.2 Å². The lowest BCUT2D eigenvalue weighted by molar-refractivity contribution is -0.385. The Kier molecular flexibility index (Phi) is 5.68. The fourth-order valence-corrected chi connectivity index (χ4v) is 3.49. The van der Waals surface area contributed by atoms with Gasteiger partial charge in [-0.1, -0.05) is 26.8 Å². The average Bonchev–Trinajstić information content (AvgIpc) is 3.21. The van der Waals surface area contributed by atoms with Crippen molar-refractivity contribution < 1.29 is 19.2 Å². The van der Waals surface area contributed by atoms with Crippen LogP contribution in [0.25, 0.3) is 22.6 Å². The first kappa shape index (κ1) is 22.1. The molecule has 2 N–H and O–H groups in total. The van der Waals surface area contributed by atoms with Crippen molar-refractivity contribution in [1.82, 2.24) is 4.98 Å². The SMILES string of the molecule is COc1cc([N+](=O)[O-])cc(CNc2ccc(-c3nc4cc(C(C)(C)C)ccc4o3)cc2)c1O. The molecule has 0 aliphatic heterocycles. The third-order valence-corrected chi connectivity index (χ3v) is 5.44. The molecular weight excluding hydrogens is 422 g/mol. The molecule has 0 radical (unpaired) electrons. The molecule has 0 saturated heterocycles. The number of nitro benzene ring substituents is 1. The van der Waals surface area contributed by atoms with Gasteiger partial charge in [0.25, 0.3) is 5.69 Å². The number of benzene rings is 3. The topological polar surface area (TPSA) is 111 Å². The minimum absolute atomic E-state index is 0.0260. The molecule has 0 unspecified atom stereocenters. The summed E-state index contributed by atoms with van der Waals surface area (Å²) in [6, 6.07) is 16.1. The largest absolute Gasteiger partial charge is 0.504 e. The summed E-state index contributed by atoms with van der Waals surface area (Å²) in [7, 11) is 1.35. The first-order chi connectivity index (χ1) is 15.7. The normalized spacial score (nSPS) is 11.5. The van der Waals surface area contributed by atoms with Gasteiger partial charge in [0.2, 0.25) is 5.89 Å². The smallest absolute Gasteiger partial charge is 0.273 e. The van der Waals surface area contributed by atoms with Gasteiger partial charge in [-0.2, -0.15) is 0 Å². The molecule has 1 heterocycles. The number of methoxy groups -OCH3 is 1. The Balaban J connectivity index is 1.53. The predicted molar refractivity (Wildman–Crippen MR) is 127 cm³/mol. The summed E-state index contributed by atoms with van der Waals surface area (Å²) in [6.45, 7) is 6.65. The van der Waals surface area contributed by atoms with Gasteiger partial charge in [0, 0.05) is 29.4 Å². The zero-order valence-corrected chi connectivity index (χ0v) is 18.9. The van der Waals surface area contributed by atoms with Crippen molar-refractivity contribution in [2.24, 2.45) is 0 Å². The van der Waals surface area contributed by atoms with Crippen molar-refractivity contribution in [2.45, 2.75) is 32.7 Å². The maximum atomic E-state index is 11.1. The summed E-state index contributed by atoms with van der Waals surface area (Å²) >= 11 is 0. The van der Waals surface area contributed by atoms with Gasteiger partial charge in [0.15, 0.2) is 17.1 Å². The van der Waals surface area contributed by atoms with Gasteiger partial charge < -0.3 is 19.6 Å². The van der Waals surface area contributed by atoms with Gasteiger partial charge in [-0.05, 0) is 47.4 Å². The molecule has 0 bridgehead atoms. The van der Waals surface area contributed by atoms with Crippen LogP contribution < -0.4 is 10.1 Å². The van der Waals surface area contributed by atoms with Crippen LogP contribution in [0.15, 0.2) is 59.0 Å². The Morgan fingerprint density at radius 2 is 1.85 bits per heavy atom. The number of hydrogen-bond acceptors (Lipinski definition) is 7. The summed E-state index contributed by atoms with van der Waals surface area (Å²) in [5, 5.41) is 24.6. The van der Waals surface area contributed by atoms with Gasteiger partial charge in [0.05, 0.1) is 18.1 Å². The molecule has 0 amide bonds. The summed E-state index contributed by atoms with van der Waals surface area (Å²) in [6.07, 6.45) is 0. The zero-order valence-electron chi connectivity index (χ0n) is 18.9. The number of nitro groups is 1. The quantitative estimate of drug-likeness (QED) is 0.274. The van der Waals surface area contributed by atoms with E-state index in [4.69, 9.17) is 9.15 Å². The number of phenolic OH excluding ortho intramolecular Hbond substituents is 1. The van der Waals surface area contributed by atoms with Gasteiger partial charge in [-0.15, -0.1) is 0 Å². The maximum Gasteiger partial charge on any atom is 0.273 e. The van der Waals surface area contributed by atoms with Crippen molar-refractivity contribution in [2.75, 3.05) is 12.4 Å². The molecule has 0 aliphatic carbocycles. The number of nitrogens with one attached hydrogen (secondary N) is 1. The highest BCUT2D eigenvalue weighted by Crippen LogP contribution is 2.35.